The van der Waals surface area contributed by atoms with Gasteiger partial charge in [0.25, 0.3) is 11.8 Å². The molecule has 0 unspecified atom stereocenters. The van der Waals surface area contributed by atoms with E-state index < -0.39 is 12.0 Å². The molecule has 8 nitrogen and oxygen atoms in total. The van der Waals surface area contributed by atoms with Crippen LogP contribution in [0.4, 0.5) is 5.69 Å². The van der Waals surface area contributed by atoms with Gasteiger partial charge in [0.1, 0.15) is 6.04 Å². The Hall–Kier alpha value is -4.33. The van der Waals surface area contributed by atoms with E-state index in [1.54, 1.807) is 35.2 Å². The molecule has 0 saturated heterocycles. The predicted molar refractivity (Wildman–Crippen MR) is 140 cm³/mol. The smallest absolute Gasteiger partial charge is 0.328 e. The maximum Gasteiger partial charge on any atom is 0.328 e. The van der Waals surface area contributed by atoms with E-state index >= 15 is 0 Å². The van der Waals surface area contributed by atoms with Gasteiger partial charge >= 0.3 is 5.97 Å². The molecule has 1 aliphatic heterocycles. The van der Waals surface area contributed by atoms with Gasteiger partial charge in [-0.15, -0.1) is 0 Å². The monoisotopic (exact) mass is 502 g/mol. The summed E-state index contributed by atoms with van der Waals surface area (Å²) in [6.45, 7) is 4.16. The lowest BCUT2D eigenvalue weighted by Crippen LogP contribution is -2.45. The van der Waals surface area contributed by atoms with Crippen molar-refractivity contribution in [3.8, 4) is 22.6 Å². The first-order valence-electron chi connectivity index (χ1n) is 11.9. The number of anilines is 1. The molecule has 4 rings (SSSR count). The molecule has 192 valence electrons. The van der Waals surface area contributed by atoms with Crippen LogP contribution in [0.15, 0.2) is 60.7 Å². The largest absolute Gasteiger partial charge is 0.493 e. The van der Waals surface area contributed by atoms with Crippen molar-refractivity contribution in [1.82, 2.24) is 4.90 Å². The fraction of sp³-hybridized carbons (Fsp3) is 0.276. The van der Waals surface area contributed by atoms with Crippen molar-refractivity contribution < 1.29 is 28.6 Å². The maximum atomic E-state index is 13.2. The van der Waals surface area contributed by atoms with Crippen molar-refractivity contribution in [2.24, 2.45) is 5.92 Å². The van der Waals surface area contributed by atoms with Crippen LogP contribution in [-0.2, 0) is 16.1 Å². The summed E-state index contributed by atoms with van der Waals surface area (Å²) in [6, 6.07) is 17.4. The Labute approximate surface area is 216 Å². The first-order valence-corrected chi connectivity index (χ1v) is 11.9. The number of fused-ring (bicyclic) bond motifs is 1. The Morgan fingerprint density at radius 2 is 1.54 bits per heavy atom. The zero-order valence-electron chi connectivity index (χ0n) is 21.5. The molecular formula is C29H30N2O6. The summed E-state index contributed by atoms with van der Waals surface area (Å²) in [4.78, 5) is 39.8. The van der Waals surface area contributed by atoms with Gasteiger partial charge in [-0.05, 0) is 59.0 Å². The number of hydrogen-bond donors (Lipinski definition) is 1. The van der Waals surface area contributed by atoms with Crippen LogP contribution in [0.1, 0.15) is 40.1 Å². The van der Waals surface area contributed by atoms with Crippen LogP contribution in [0.5, 0.6) is 11.5 Å². The summed E-state index contributed by atoms with van der Waals surface area (Å²) in [5, 5.41) is 2.88. The molecular weight excluding hydrogens is 472 g/mol. The van der Waals surface area contributed by atoms with E-state index in [4.69, 9.17) is 14.2 Å². The predicted octanol–water partition coefficient (Wildman–Crippen LogP) is 4.78. The van der Waals surface area contributed by atoms with Crippen LogP contribution < -0.4 is 14.8 Å². The SMILES string of the molecule is COC(=O)[C@H](C(C)C)N1Cc2ccc(-c3ccc(NC(=O)c4ccc(OC)c(OC)c4)cc3)cc2C1=O. The van der Waals surface area contributed by atoms with Gasteiger partial charge in [-0.3, -0.25) is 9.59 Å². The topological polar surface area (TPSA) is 94.2 Å². The zero-order chi connectivity index (χ0) is 26.7. The molecule has 1 N–H and O–H groups in total. The minimum atomic E-state index is -0.637. The molecule has 1 heterocycles. The number of esters is 1. The average Bonchev–Trinajstić information content (AvgIpc) is 3.23. The van der Waals surface area contributed by atoms with Gasteiger partial charge in [0.2, 0.25) is 0 Å². The molecule has 3 aromatic carbocycles. The number of hydrogen-bond acceptors (Lipinski definition) is 6. The molecule has 37 heavy (non-hydrogen) atoms. The highest BCUT2D eigenvalue weighted by molar-refractivity contribution is 6.05. The highest BCUT2D eigenvalue weighted by Crippen LogP contribution is 2.32. The van der Waals surface area contributed by atoms with Gasteiger partial charge in [-0.1, -0.05) is 38.1 Å². The van der Waals surface area contributed by atoms with Crippen molar-refractivity contribution in [2.75, 3.05) is 26.6 Å². The number of rotatable bonds is 8. The normalized spacial score (nSPS) is 13.2. The molecule has 3 aromatic rings. The average molecular weight is 503 g/mol. The first-order chi connectivity index (χ1) is 17.8. The van der Waals surface area contributed by atoms with E-state index in [2.05, 4.69) is 5.32 Å². The standard InChI is InChI=1S/C29H30N2O6/c1-17(2)26(29(34)37-5)31-16-21-7-6-19(14-23(21)28(31)33)18-8-11-22(12-9-18)30-27(32)20-10-13-24(35-3)25(15-20)36-4/h6-15,17,26H,16H2,1-5H3,(H,30,32)/t26-/m0/s1. The lowest BCUT2D eigenvalue weighted by Gasteiger charge is -2.28. The molecule has 0 aromatic heterocycles. The van der Waals surface area contributed by atoms with Crippen LogP contribution >= 0.6 is 0 Å². The fourth-order valence-corrected chi connectivity index (χ4v) is 4.53. The molecule has 0 fully saturated rings. The van der Waals surface area contributed by atoms with Crippen LogP contribution in [0.2, 0.25) is 0 Å². The van der Waals surface area contributed by atoms with Crippen LogP contribution in [0.3, 0.4) is 0 Å². The van der Waals surface area contributed by atoms with Crippen molar-refractivity contribution in [3.05, 3.63) is 77.4 Å². The Morgan fingerprint density at radius 1 is 0.865 bits per heavy atom. The molecule has 0 bridgehead atoms. The van der Waals surface area contributed by atoms with E-state index in [1.807, 2.05) is 44.2 Å². The fourth-order valence-electron chi connectivity index (χ4n) is 4.53. The Morgan fingerprint density at radius 3 is 2.16 bits per heavy atom. The first kappa shape index (κ1) is 25.8. The van der Waals surface area contributed by atoms with E-state index in [0.29, 0.717) is 34.9 Å². The van der Waals surface area contributed by atoms with Gasteiger partial charge in [0.15, 0.2) is 11.5 Å². The van der Waals surface area contributed by atoms with E-state index in [0.717, 1.165) is 16.7 Å². The summed E-state index contributed by atoms with van der Waals surface area (Å²) in [7, 11) is 4.39. The Kier molecular flexibility index (Phi) is 7.47. The second-order valence-electron chi connectivity index (χ2n) is 9.12. The van der Waals surface area contributed by atoms with Gasteiger partial charge < -0.3 is 24.4 Å². The van der Waals surface area contributed by atoms with Crippen molar-refractivity contribution in [1.29, 1.82) is 0 Å². The van der Waals surface area contributed by atoms with Gasteiger partial charge in [-0.25, -0.2) is 4.79 Å². The third kappa shape index (κ3) is 5.14. The van der Waals surface area contributed by atoms with Gasteiger partial charge in [0.05, 0.1) is 21.3 Å². The highest BCUT2D eigenvalue weighted by Gasteiger charge is 2.38. The third-order valence-electron chi connectivity index (χ3n) is 6.47. The summed E-state index contributed by atoms with van der Waals surface area (Å²) in [5.74, 6) is 0.0712. The number of benzene rings is 3. The molecule has 2 amide bonds. The number of nitrogens with one attached hydrogen (secondary N) is 1. The molecule has 0 aliphatic carbocycles. The zero-order valence-corrected chi connectivity index (χ0v) is 21.5. The summed E-state index contributed by atoms with van der Waals surface area (Å²) in [5.41, 5.74) is 4.29. The second-order valence-corrected chi connectivity index (χ2v) is 9.12. The lowest BCUT2D eigenvalue weighted by molar-refractivity contribution is -0.147. The summed E-state index contributed by atoms with van der Waals surface area (Å²) >= 11 is 0. The minimum absolute atomic E-state index is 0.0769. The summed E-state index contributed by atoms with van der Waals surface area (Å²) in [6.07, 6.45) is 0. The van der Waals surface area contributed by atoms with Crippen molar-refractivity contribution in [2.45, 2.75) is 26.4 Å². The van der Waals surface area contributed by atoms with Crippen LogP contribution in [-0.4, -0.2) is 50.1 Å². The second kappa shape index (κ2) is 10.7. The van der Waals surface area contributed by atoms with Crippen molar-refractivity contribution >= 4 is 23.5 Å². The molecule has 1 aliphatic rings. The van der Waals surface area contributed by atoms with E-state index in [-0.39, 0.29) is 17.7 Å². The van der Waals surface area contributed by atoms with Crippen molar-refractivity contribution in [3.63, 3.8) is 0 Å². The minimum Gasteiger partial charge on any atom is -0.493 e. The maximum absolute atomic E-state index is 13.2. The lowest BCUT2D eigenvalue weighted by atomic mass is 10.00. The van der Waals surface area contributed by atoms with E-state index in [9.17, 15) is 14.4 Å². The number of ether oxygens (including phenoxy) is 3. The number of methoxy groups -OCH3 is 3. The summed E-state index contributed by atoms with van der Waals surface area (Å²) < 4.78 is 15.4. The third-order valence-corrected chi connectivity index (χ3v) is 6.47. The number of carbonyl (C=O) groups is 3. The van der Waals surface area contributed by atoms with Gasteiger partial charge in [0, 0.05) is 23.4 Å². The van der Waals surface area contributed by atoms with Crippen LogP contribution in [0.25, 0.3) is 11.1 Å². The molecule has 0 spiro atoms. The molecule has 0 saturated carbocycles. The molecule has 8 heteroatoms. The van der Waals surface area contributed by atoms with Gasteiger partial charge in [-0.2, -0.15) is 0 Å². The molecule has 1 atom stereocenters. The Bertz CT molecular complexity index is 1330. The van der Waals surface area contributed by atoms with E-state index in [1.165, 1.54) is 21.3 Å². The quantitative estimate of drug-likeness (QED) is 0.446. The van der Waals surface area contributed by atoms with Crippen LogP contribution in [0, 0.1) is 5.92 Å². The Balaban J connectivity index is 1.50. The highest BCUT2D eigenvalue weighted by atomic mass is 16.5. The number of nitrogens with zero attached hydrogens (tertiary/aromatic N) is 1. The number of amides is 2. The number of carbonyl (C=O) groups excluding carboxylic acids is 3. The molecule has 0 radical (unpaired) electrons.